The standard InChI is InChI=1S/C24H20O4/c1-15(11-19(13-25)16(2)27)21-7-3-5-17-6-4-8-22(24(17)21)18-9-10-23(28)20(12-18)14-26/h3-14,27-28H,1-2H3/b15-11+,19-16-. The predicted octanol–water partition coefficient (Wildman–Crippen LogP) is 5.46. The number of carbonyl (C=O) groups is 2. The van der Waals surface area contributed by atoms with Crippen molar-refractivity contribution in [1.82, 2.24) is 0 Å². The summed E-state index contributed by atoms with van der Waals surface area (Å²) in [7, 11) is 0. The highest BCUT2D eigenvalue weighted by Gasteiger charge is 2.12. The van der Waals surface area contributed by atoms with Crippen LogP contribution < -0.4 is 0 Å². The predicted molar refractivity (Wildman–Crippen MR) is 111 cm³/mol. The van der Waals surface area contributed by atoms with E-state index in [0.29, 0.717) is 12.6 Å². The largest absolute Gasteiger partial charge is 0.512 e. The minimum atomic E-state index is -0.0607. The van der Waals surface area contributed by atoms with Crippen LogP contribution in [0.3, 0.4) is 0 Å². The molecule has 3 rings (SSSR count). The SMILES string of the molecule is C/C(O)=C(C=O)\C=C(/C)c1cccc2cccc(-c3ccc(O)c(C=O)c3)c12. The zero-order chi connectivity index (χ0) is 20.3. The van der Waals surface area contributed by atoms with Gasteiger partial charge < -0.3 is 10.2 Å². The van der Waals surface area contributed by atoms with E-state index < -0.39 is 0 Å². The molecule has 3 aromatic rings. The summed E-state index contributed by atoms with van der Waals surface area (Å²) in [6.45, 7) is 3.35. The van der Waals surface area contributed by atoms with Gasteiger partial charge in [0.1, 0.15) is 5.75 Å². The van der Waals surface area contributed by atoms with Crippen LogP contribution in [0, 0.1) is 0 Å². The minimum Gasteiger partial charge on any atom is -0.512 e. The zero-order valence-electron chi connectivity index (χ0n) is 15.6. The Hall–Kier alpha value is -3.66. The van der Waals surface area contributed by atoms with Gasteiger partial charge in [0.15, 0.2) is 12.6 Å². The molecule has 28 heavy (non-hydrogen) atoms. The van der Waals surface area contributed by atoms with Gasteiger partial charge in [0, 0.05) is 0 Å². The number of benzene rings is 3. The van der Waals surface area contributed by atoms with Gasteiger partial charge in [-0.1, -0.05) is 42.5 Å². The topological polar surface area (TPSA) is 74.6 Å². The summed E-state index contributed by atoms with van der Waals surface area (Å²) in [6, 6.07) is 16.7. The van der Waals surface area contributed by atoms with Crippen molar-refractivity contribution in [2.45, 2.75) is 13.8 Å². The molecule has 0 bridgehead atoms. The van der Waals surface area contributed by atoms with Crippen molar-refractivity contribution in [1.29, 1.82) is 0 Å². The number of fused-ring (bicyclic) bond motifs is 1. The molecule has 0 aliphatic heterocycles. The van der Waals surface area contributed by atoms with E-state index in [1.54, 1.807) is 18.2 Å². The van der Waals surface area contributed by atoms with Gasteiger partial charge in [-0.3, -0.25) is 9.59 Å². The second kappa shape index (κ2) is 7.92. The van der Waals surface area contributed by atoms with E-state index in [4.69, 9.17) is 0 Å². The third-order valence-corrected chi connectivity index (χ3v) is 4.71. The second-order valence-corrected chi connectivity index (χ2v) is 6.59. The molecule has 0 atom stereocenters. The molecule has 0 aliphatic rings. The summed E-state index contributed by atoms with van der Waals surface area (Å²) < 4.78 is 0. The van der Waals surface area contributed by atoms with Crippen LogP contribution in [0.5, 0.6) is 5.75 Å². The summed E-state index contributed by atoms with van der Waals surface area (Å²) in [5.41, 5.74) is 3.88. The Morgan fingerprint density at radius 2 is 1.68 bits per heavy atom. The number of aliphatic hydroxyl groups excluding tert-OH is 1. The van der Waals surface area contributed by atoms with Crippen LogP contribution >= 0.6 is 0 Å². The Labute approximate surface area is 163 Å². The first kappa shape index (κ1) is 19.1. The first-order valence-corrected chi connectivity index (χ1v) is 8.80. The van der Waals surface area contributed by atoms with Gasteiger partial charge in [0.05, 0.1) is 16.9 Å². The first-order chi connectivity index (χ1) is 13.5. The molecule has 0 radical (unpaired) electrons. The van der Waals surface area contributed by atoms with Crippen LogP contribution in [0.2, 0.25) is 0 Å². The molecule has 0 spiro atoms. The fourth-order valence-electron chi connectivity index (χ4n) is 3.26. The maximum Gasteiger partial charge on any atom is 0.153 e. The monoisotopic (exact) mass is 372 g/mol. The van der Waals surface area contributed by atoms with Gasteiger partial charge >= 0.3 is 0 Å². The summed E-state index contributed by atoms with van der Waals surface area (Å²) in [4.78, 5) is 22.5. The van der Waals surface area contributed by atoms with Crippen LogP contribution in [0.4, 0.5) is 0 Å². The number of rotatable bonds is 5. The number of phenols is 1. The van der Waals surface area contributed by atoms with Crippen LogP contribution in [0.25, 0.3) is 27.5 Å². The minimum absolute atomic E-state index is 0.0380. The van der Waals surface area contributed by atoms with Gasteiger partial charge in [-0.25, -0.2) is 0 Å². The lowest BCUT2D eigenvalue weighted by Gasteiger charge is -2.13. The molecule has 0 amide bonds. The summed E-state index contributed by atoms with van der Waals surface area (Å²) in [5, 5.41) is 21.5. The van der Waals surface area contributed by atoms with E-state index in [1.807, 2.05) is 43.3 Å². The van der Waals surface area contributed by atoms with Crippen molar-refractivity contribution in [3.63, 3.8) is 0 Å². The molecular formula is C24H20O4. The van der Waals surface area contributed by atoms with Gasteiger partial charge in [-0.2, -0.15) is 0 Å². The van der Waals surface area contributed by atoms with Crippen molar-refractivity contribution >= 4 is 28.9 Å². The van der Waals surface area contributed by atoms with Gasteiger partial charge in [0.25, 0.3) is 0 Å². The molecule has 140 valence electrons. The van der Waals surface area contributed by atoms with Crippen molar-refractivity contribution < 1.29 is 19.8 Å². The highest BCUT2D eigenvalue weighted by atomic mass is 16.3. The third kappa shape index (κ3) is 3.58. The number of carbonyl (C=O) groups excluding carboxylic acids is 2. The number of aliphatic hydroxyl groups is 1. The number of aldehydes is 2. The Kier molecular flexibility index (Phi) is 5.41. The van der Waals surface area contributed by atoms with Crippen LogP contribution in [-0.2, 0) is 4.79 Å². The highest BCUT2D eigenvalue weighted by Crippen LogP contribution is 2.36. The molecule has 0 aliphatic carbocycles. The number of allylic oxidation sites excluding steroid dienone is 4. The van der Waals surface area contributed by atoms with E-state index in [-0.39, 0.29) is 22.6 Å². The molecule has 0 saturated heterocycles. The molecule has 0 fully saturated rings. The number of aromatic hydroxyl groups is 1. The molecule has 0 aromatic heterocycles. The average molecular weight is 372 g/mol. The molecule has 2 N–H and O–H groups in total. The third-order valence-electron chi connectivity index (χ3n) is 4.71. The summed E-state index contributed by atoms with van der Waals surface area (Å²) in [6.07, 6.45) is 2.91. The fraction of sp³-hybridized carbons (Fsp3) is 0.0833. The van der Waals surface area contributed by atoms with E-state index in [9.17, 15) is 19.8 Å². The highest BCUT2D eigenvalue weighted by molar-refractivity contribution is 6.04. The lowest BCUT2D eigenvalue weighted by molar-refractivity contribution is -0.104. The lowest BCUT2D eigenvalue weighted by Crippen LogP contribution is -1.92. The fourth-order valence-corrected chi connectivity index (χ4v) is 3.26. The molecule has 4 heteroatoms. The van der Waals surface area contributed by atoms with Crippen LogP contribution in [0.15, 0.2) is 72.0 Å². The molecular weight excluding hydrogens is 352 g/mol. The van der Waals surface area contributed by atoms with E-state index in [1.165, 1.54) is 13.0 Å². The summed E-state index contributed by atoms with van der Waals surface area (Å²) in [5.74, 6) is -0.0987. The number of hydrogen-bond acceptors (Lipinski definition) is 4. The maximum atomic E-state index is 11.2. The number of phenolic OH excluding ortho intramolecular Hbond substituents is 1. The van der Waals surface area contributed by atoms with Gasteiger partial charge in [-0.15, -0.1) is 0 Å². The number of hydrogen-bond donors (Lipinski definition) is 2. The Morgan fingerprint density at radius 1 is 0.964 bits per heavy atom. The lowest BCUT2D eigenvalue weighted by atomic mass is 9.90. The summed E-state index contributed by atoms with van der Waals surface area (Å²) >= 11 is 0. The van der Waals surface area contributed by atoms with E-state index in [0.717, 1.165) is 33.0 Å². The molecule has 3 aromatic carbocycles. The average Bonchev–Trinajstić information content (AvgIpc) is 2.71. The Bertz CT molecular complexity index is 1130. The zero-order valence-corrected chi connectivity index (χ0v) is 15.6. The first-order valence-electron chi connectivity index (χ1n) is 8.80. The van der Waals surface area contributed by atoms with Gasteiger partial charge in [0.2, 0.25) is 0 Å². The molecule has 0 heterocycles. The molecule has 4 nitrogen and oxygen atoms in total. The van der Waals surface area contributed by atoms with Crippen molar-refractivity contribution in [2.24, 2.45) is 0 Å². The Balaban J connectivity index is 2.30. The smallest absolute Gasteiger partial charge is 0.153 e. The van der Waals surface area contributed by atoms with Crippen LogP contribution in [0.1, 0.15) is 29.8 Å². The van der Waals surface area contributed by atoms with E-state index >= 15 is 0 Å². The van der Waals surface area contributed by atoms with Crippen molar-refractivity contribution in [3.05, 3.63) is 83.1 Å². The quantitative estimate of drug-likeness (QED) is 0.270. The van der Waals surface area contributed by atoms with Crippen molar-refractivity contribution in [2.75, 3.05) is 0 Å². The molecule has 0 saturated carbocycles. The van der Waals surface area contributed by atoms with Gasteiger partial charge in [-0.05, 0) is 65.1 Å². The maximum absolute atomic E-state index is 11.2. The Morgan fingerprint density at radius 3 is 2.32 bits per heavy atom. The van der Waals surface area contributed by atoms with E-state index in [2.05, 4.69) is 0 Å². The van der Waals surface area contributed by atoms with Crippen molar-refractivity contribution in [3.8, 4) is 16.9 Å². The normalized spacial score (nSPS) is 12.6. The second-order valence-electron chi connectivity index (χ2n) is 6.59. The molecule has 0 unspecified atom stereocenters. The van der Waals surface area contributed by atoms with Crippen LogP contribution in [-0.4, -0.2) is 22.8 Å².